The zero-order chi connectivity index (χ0) is 13.0. The molecule has 0 fully saturated rings. The molecule has 2 N–H and O–H groups in total. The molecule has 0 saturated heterocycles. The number of aromatic nitrogens is 2. The smallest absolute Gasteiger partial charge is 0.213 e. The number of nitrogens with zero attached hydrogens (tertiary/aromatic N) is 1. The summed E-state index contributed by atoms with van der Waals surface area (Å²) in [4.78, 5) is 15.5. The van der Waals surface area contributed by atoms with E-state index in [0.29, 0.717) is 21.9 Å². The normalized spacial score (nSPS) is 11.6. The van der Waals surface area contributed by atoms with E-state index in [0.717, 1.165) is 15.6 Å². The maximum absolute atomic E-state index is 12.5. The van der Waals surface area contributed by atoms with Crippen molar-refractivity contribution in [2.45, 2.75) is 0 Å². The van der Waals surface area contributed by atoms with Crippen LogP contribution in [-0.4, -0.2) is 14.9 Å². The SMILES string of the molecule is O=c1c2ccccc2n(O)c2c1[nH]c1ccccc12. The Morgan fingerprint density at radius 2 is 1.63 bits per heavy atom. The molecule has 0 saturated carbocycles. The number of fused-ring (bicyclic) bond motifs is 4. The third kappa shape index (κ3) is 1.20. The van der Waals surface area contributed by atoms with Gasteiger partial charge in [0.05, 0.1) is 10.9 Å². The third-order valence-corrected chi connectivity index (χ3v) is 3.49. The van der Waals surface area contributed by atoms with E-state index in [1.807, 2.05) is 24.3 Å². The molecule has 0 unspecified atom stereocenters. The van der Waals surface area contributed by atoms with Crippen molar-refractivity contribution >= 4 is 32.8 Å². The van der Waals surface area contributed by atoms with Gasteiger partial charge in [-0.15, -0.1) is 0 Å². The molecule has 19 heavy (non-hydrogen) atoms. The molecule has 2 aromatic heterocycles. The van der Waals surface area contributed by atoms with Crippen molar-refractivity contribution < 1.29 is 5.21 Å². The fourth-order valence-electron chi connectivity index (χ4n) is 2.62. The lowest BCUT2D eigenvalue weighted by Gasteiger charge is -2.05. The largest absolute Gasteiger partial charge is 0.428 e. The number of aromatic amines is 1. The van der Waals surface area contributed by atoms with Crippen LogP contribution in [0.25, 0.3) is 32.8 Å². The molecule has 0 aliphatic rings. The number of benzene rings is 2. The number of rotatable bonds is 0. The quantitative estimate of drug-likeness (QED) is 0.471. The number of pyridine rings is 1. The zero-order valence-electron chi connectivity index (χ0n) is 9.92. The van der Waals surface area contributed by atoms with Gasteiger partial charge in [-0.1, -0.05) is 30.3 Å². The average Bonchev–Trinajstić information content (AvgIpc) is 2.84. The van der Waals surface area contributed by atoms with Crippen LogP contribution in [0.5, 0.6) is 0 Å². The minimum Gasteiger partial charge on any atom is -0.428 e. The van der Waals surface area contributed by atoms with Crippen molar-refractivity contribution in [2.75, 3.05) is 0 Å². The minimum absolute atomic E-state index is 0.0906. The first kappa shape index (κ1) is 10.2. The van der Waals surface area contributed by atoms with Crippen LogP contribution in [0.1, 0.15) is 0 Å². The highest BCUT2D eigenvalue weighted by atomic mass is 16.5. The molecule has 92 valence electrons. The highest BCUT2D eigenvalue weighted by Crippen LogP contribution is 2.25. The average molecular weight is 250 g/mol. The predicted octanol–water partition coefficient (Wildman–Crippen LogP) is 2.87. The molecule has 4 heteroatoms. The van der Waals surface area contributed by atoms with Gasteiger partial charge < -0.3 is 10.2 Å². The van der Waals surface area contributed by atoms with Gasteiger partial charge >= 0.3 is 0 Å². The molecular formula is C15H10N2O2. The molecule has 0 bridgehead atoms. The van der Waals surface area contributed by atoms with Gasteiger partial charge in [-0.3, -0.25) is 4.79 Å². The van der Waals surface area contributed by atoms with Crippen molar-refractivity contribution in [3.63, 3.8) is 0 Å². The van der Waals surface area contributed by atoms with Gasteiger partial charge in [0.1, 0.15) is 11.0 Å². The van der Waals surface area contributed by atoms with Crippen molar-refractivity contribution in [1.29, 1.82) is 0 Å². The summed E-state index contributed by atoms with van der Waals surface area (Å²) in [5.41, 5.74) is 2.23. The Balaban J connectivity index is 2.43. The summed E-state index contributed by atoms with van der Waals surface area (Å²) < 4.78 is 1.09. The molecular weight excluding hydrogens is 240 g/mol. The van der Waals surface area contributed by atoms with Crippen LogP contribution in [-0.2, 0) is 0 Å². The summed E-state index contributed by atoms with van der Waals surface area (Å²) in [5.74, 6) is 0. The molecule has 4 rings (SSSR count). The van der Waals surface area contributed by atoms with Crippen LogP contribution in [0.4, 0.5) is 0 Å². The third-order valence-electron chi connectivity index (χ3n) is 3.49. The van der Waals surface area contributed by atoms with Gasteiger partial charge in [-0.2, -0.15) is 4.73 Å². The van der Waals surface area contributed by atoms with Crippen LogP contribution in [0, 0.1) is 0 Å². The van der Waals surface area contributed by atoms with Crippen LogP contribution < -0.4 is 5.43 Å². The van der Waals surface area contributed by atoms with Gasteiger partial charge in [-0.05, 0) is 18.2 Å². The van der Waals surface area contributed by atoms with Crippen LogP contribution in [0.15, 0.2) is 53.3 Å². The lowest BCUT2D eigenvalue weighted by molar-refractivity contribution is 0.212. The van der Waals surface area contributed by atoms with Crippen molar-refractivity contribution in [1.82, 2.24) is 9.71 Å². The second kappa shape index (κ2) is 3.38. The first-order valence-corrected chi connectivity index (χ1v) is 6.01. The molecule has 2 aromatic carbocycles. The number of H-pyrrole nitrogens is 1. The van der Waals surface area contributed by atoms with Crippen LogP contribution in [0.2, 0.25) is 0 Å². The van der Waals surface area contributed by atoms with Gasteiger partial charge in [-0.25, -0.2) is 0 Å². The first-order chi connectivity index (χ1) is 9.27. The van der Waals surface area contributed by atoms with Gasteiger partial charge in [0.25, 0.3) is 0 Å². The van der Waals surface area contributed by atoms with Crippen molar-refractivity contribution in [3.8, 4) is 0 Å². The fourth-order valence-corrected chi connectivity index (χ4v) is 2.62. The minimum atomic E-state index is -0.0906. The molecule has 4 nitrogen and oxygen atoms in total. The molecule has 0 atom stereocenters. The fraction of sp³-hybridized carbons (Fsp3) is 0. The topological polar surface area (TPSA) is 58.0 Å². The number of nitrogens with one attached hydrogen (secondary N) is 1. The highest BCUT2D eigenvalue weighted by Gasteiger charge is 2.14. The summed E-state index contributed by atoms with van der Waals surface area (Å²) in [6, 6.07) is 14.6. The Bertz CT molecular complexity index is 995. The zero-order valence-corrected chi connectivity index (χ0v) is 9.92. The molecule has 0 radical (unpaired) electrons. The first-order valence-electron chi connectivity index (χ1n) is 6.01. The number of hydrogen-bond acceptors (Lipinski definition) is 2. The van der Waals surface area contributed by atoms with Crippen LogP contribution in [0.3, 0.4) is 0 Å². The van der Waals surface area contributed by atoms with E-state index < -0.39 is 0 Å². The lowest BCUT2D eigenvalue weighted by atomic mass is 10.1. The van der Waals surface area contributed by atoms with E-state index in [-0.39, 0.29) is 5.43 Å². The maximum Gasteiger partial charge on any atom is 0.213 e. The molecule has 4 aromatic rings. The molecule has 2 heterocycles. The highest BCUT2D eigenvalue weighted by molar-refractivity contribution is 6.08. The standard InChI is InChI=1S/C15H10N2O2/c18-15-10-6-2-4-8-12(10)17(19)14-9-5-1-3-7-11(9)16-13(14)15/h1-8,16,19H. The predicted molar refractivity (Wildman–Crippen MR) is 74.8 cm³/mol. The van der Waals surface area contributed by atoms with Crippen molar-refractivity contribution in [2.24, 2.45) is 0 Å². The van der Waals surface area contributed by atoms with Gasteiger partial charge in [0.15, 0.2) is 0 Å². The monoisotopic (exact) mass is 250 g/mol. The molecule has 0 amide bonds. The summed E-state index contributed by atoms with van der Waals surface area (Å²) in [7, 11) is 0. The summed E-state index contributed by atoms with van der Waals surface area (Å²) in [6.45, 7) is 0. The molecule has 0 aliphatic heterocycles. The van der Waals surface area contributed by atoms with Crippen LogP contribution >= 0.6 is 0 Å². The Labute approximate surface area is 107 Å². The maximum atomic E-state index is 12.5. The second-order valence-corrected chi connectivity index (χ2v) is 4.55. The van der Waals surface area contributed by atoms with Gasteiger partial charge in [0.2, 0.25) is 5.43 Å². The second-order valence-electron chi connectivity index (χ2n) is 4.55. The summed E-state index contributed by atoms with van der Waals surface area (Å²) >= 11 is 0. The van der Waals surface area contributed by atoms with E-state index in [9.17, 15) is 10.0 Å². The van der Waals surface area contributed by atoms with Crippen molar-refractivity contribution in [3.05, 3.63) is 58.8 Å². The molecule has 0 aliphatic carbocycles. The summed E-state index contributed by atoms with van der Waals surface area (Å²) in [5, 5.41) is 11.7. The Morgan fingerprint density at radius 3 is 2.47 bits per heavy atom. The molecule has 0 spiro atoms. The van der Waals surface area contributed by atoms with E-state index >= 15 is 0 Å². The van der Waals surface area contributed by atoms with E-state index in [4.69, 9.17) is 0 Å². The van der Waals surface area contributed by atoms with Gasteiger partial charge in [0, 0.05) is 10.9 Å². The summed E-state index contributed by atoms with van der Waals surface area (Å²) in [6.07, 6.45) is 0. The number of hydrogen-bond donors (Lipinski definition) is 2. The Kier molecular flexibility index (Phi) is 1.82. The Morgan fingerprint density at radius 1 is 0.947 bits per heavy atom. The number of para-hydroxylation sites is 2. The Hall–Kier alpha value is -2.75. The van der Waals surface area contributed by atoms with E-state index in [1.54, 1.807) is 24.3 Å². The van der Waals surface area contributed by atoms with E-state index in [2.05, 4.69) is 4.98 Å². The van der Waals surface area contributed by atoms with E-state index in [1.165, 1.54) is 0 Å². The lowest BCUT2D eigenvalue weighted by Crippen LogP contribution is -2.08.